The van der Waals surface area contributed by atoms with Crippen molar-refractivity contribution in [3.63, 3.8) is 0 Å². The normalized spacial score (nSPS) is 21.6. The SMILES string of the molecule is O=C(Nc1cc(Cl)ccc1N1CCCCC1)N1CCC[C@H]1CO. The molecule has 126 valence electrons. The zero-order chi connectivity index (χ0) is 16.2. The van der Waals surface area contributed by atoms with Gasteiger partial charge in [-0.3, -0.25) is 0 Å². The van der Waals surface area contributed by atoms with Gasteiger partial charge in [0.05, 0.1) is 24.0 Å². The Bertz CT molecular complexity index is 561. The molecule has 2 saturated heterocycles. The largest absolute Gasteiger partial charge is 0.394 e. The van der Waals surface area contributed by atoms with Gasteiger partial charge in [0.15, 0.2) is 0 Å². The van der Waals surface area contributed by atoms with Gasteiger partial charge in [-0.2, -0.15) is 0 Å². The van der Waals surface area contributed by atoms with Gasteiger partial charge in [-0.1, -0.05) is 11.6 Å². The molecule has 6 heteroatoms. The predicted molar refractivity (Wildman–Crippen MR) is 93.3 cm³/mol. The Morgan fingerprint density at radius 3 is 2.74 bits per heavy atom. The second-order valence-electron chi connectivity index (χ2n) is 6.31. The molecule has 2 heterocycles. The Balaban J connectivity index is 1.78. The van der Waals surface area contributed by atoms with Gasteiger partial charge in [-0.15, -0.1) is 0 Å². The van der Waals surface area contributed by atoms with E-state index in [1.54, 1.807) is 4.90 Å². The summed E-state index contributed by atoms with van der Waals surface area (Å²) < 4.78 is 0. The molecular formula is C17H24ClN3O2. The highest BCUT2D eigenvalue weighted by molar-refractivity contribution is 6.31. The van der Waals surface area contributed by atoms with Crippen LogP contribution in [0.1, 0.15) is 32.1 Å². The minimum Gasteiger partial charge on any atom is -0.394 e. The molecule has 1 aromatic rings. The van der Waals surface area contributed by atoms with E-state index in [1.807, 2.05) is 18.2 Å². The first-order valence-corrected chi connectivity index (χ1v) is 8.80. The number of nitrogens with one attached hydrogen (secondary N) is 1. The Hall–Kier alpha value is -1.46. The van der Waals surface area contributed by atoms with Gasteiger partial charge < -0.3 is 20.2 Å². The molecule has 1 aromatic carbocycles. The molecule has 2 amide bonds. The van der Waals surface area contributed by atoms with Gasteiger partial charge in [-0.05, 0) is 50.3 Å². The summed E-state index contributed by atoms with van der Waals surface area (Å²) in [5.41, 5.74) is 1.79. The van der Waals surface area contributed by atoms with E-state index in [4.69, 9.17) is 11.6 Å². The third-order valence-corrected chi connectivity index (χ3v) is 4.98. The maximum absolute atomic E-state index is 12.6. The van der Waals surface area contributed by atoms with E-state index in [0.717, 1.165) is 37.3 Å². The van der Waals surface area contributed by atoms with Crippen molar-refractivity contribution in [1.82, 2.24) is 4.90 Å². The summed E-state index contributed by atoms with van der Waals surface area (Å²) in [5, 5.41) is 13.0. The maximum Gasteiger partial charge on any atom is 0.322 e. The number of hydrogen-bond donors (Lipinski definition) is 2. The Labute approximate surface area is 142 Å². The number of nitrogens with zero attached hydrogens (tertiary/aromatic N) is 2. The van der Waals surface area contributed by atoms with Crippen LogP contribution in [0.3, 0.4) is 0 Å². The van der Waals surface area contributed by atoms with Crippen molar-refractivity contribution >= 4 is 29.0 Å². The zero-order valence-corrected chi connectivity index (χ0v) is 14.1. The molecule has 3 rings (SSSR count). The topological polar surface area (TPSA) is 55.8 Å². The van der Waals surface area contributed by atoms with E-state index in [2.05, 4.69) is 10.2 Å². The lowest BCUT2D eigenvalue weighted by Gasteiger charge is -2.31. The van der Waals surface area contributed by atoms with Crippen LogP contribution in [0.25, 0.3) is 0 Å². The molecule has 23 heavy (non-hydrogen) atoms. The number of benzene rings is 1. The molecule has 5 nitrogen and oxygen atoms in total. The van der Waals surface area contributed by atoms with Gasteiger partial charge in [0.1, 0.15) is 0 Å². The molecule has 2 aliphatic heterocycles. The van der Waals surface area contributed by atoms with E-state index in [9.17, 15) is 9.90 Å². The number of piperidine rings is 1. The molecule has 0 spiro atoms. The molecule has 2 aliphatic rings. The number of halogens is 1. The summed E-state index contributed by atoms with van der Waals surface area (Å²) in [5.74, 6) is 0. The zero-order valence-electron chi connectivity index (χ0n) is 13.3. The second kappa shape index (κ2) is 7.41. The average Bonchev–Trinajstić information content (AvgIpc) is 3.04. The summed E-state index contributed by atoms with van der Waals surface area (Å²) in [6.07, 6.45) is 5.41. The van der Waals surface area contributed by atoms with Crippen LogP contribution in [0.5, 0.6) is 0 Å². The standard InChI is InChI=1S/C17H24ClN3O2/c18-13-6-7-16(20-8-2-1-3-9-20)15(11-13)19-17(23)21-10-4-5-14(21)12-22/h6-7,11,14,22H,1-5,8-10,12H2,(H,19,23)/t14-/m0/s1. The van der Waals surface area contributed by atoms with Crippen LogP contribution in [0.2, 0.25) is 5.02 Å². The van der Waals surface area contributed by atoms with Crippen molar-refractivity contribution < 1.29 is 9.90 Å². The van der Waals surface area contributed by atoms with Crippen molar-refractivity contribution in [1.29, 1.82) is 0 Å². The number of urea groups is 1. The van der Waals surface area contributed by atoms with Gasteiger partial charge >= 0.3 is 6.03 Å². The smallest absolute Gasteiger partial charge is 0.322 e. The summed E-state index contributed by atoms with van der Waals surface area (Å²) >= 11 is 6.13. The summed E-state index contributed by atoms with van der Waals surface area (Å²) in [6.45, 7) is 2.72. The van der Waals surface area contributed by atoms with Crippen molar-refractivity contribution in [3.8, 4) is 0 Å². The quantitative estimate of drug-likeness (QED) is 0.889. The molecule has 0 aliphatic carbocycles. The number of aliphatic hydroxyl groups is 1. The number of rotatable bonds is 3. The average molecular weight is 338 g/mol. The number of likely N-dealkylation sites (tertiary alicyclic amines) is 1. The van der Waals surface area contributed by atoms with Crippen LogP contribution >= 0.6 is 11.6 Å². The Kier molecular flexibility index (Phi) is 5.28. The van der Waals surface area contributed by atoms with E-state index in [-0.39, 0.29) is 18.7 Å². The number of carbonyl (C=O) groups excluding carboxylic acids is 1. The molecule has 0 saturated carbocycles. The first-order valence-electron chi connectivity index (χ1n) is 8.42. The molecule has 0 radical (unpaired) electrons. The predicted octanol–water partition coefficient (Wildman–Crippen LogP) is 3.32. The fourth-order valence-corrected chi connectivity index (χ4v) is 3.67. The number of amides is 2. The molecular weight excluding hydrogens is 314 g/mol. The third-order valence-electron chi connectivity index (χ3n) is 4.75. The lowest BCUT2D eigenvalue weighted by molar-refractivity contribution is 0.166. The van der Waals surface area contributed by atoms with Crippen LogP contribution < -0.4 is 10.2 Å². The van der Waals surface area contributed by atoms with Crippen molar-refractivity contribution in [2.75, 3.05) is 36.5 Å². The van der Waals surface area contributed by atoms with Gasteiger partial charge in [0.2, 0.25) is 0 Å². The van der Waals surface area contributed by atoms with Crippen LogP contribution in [-0.4, -0.2) is 48.3 Å². The Morgan fingerprint density at radius 2 is 2.00 bits per heavy atom. The van der Waals surface area contributed by atoms with E-state index in [0.29, 0.717) is 11.6 Å². The molecule has 0 bridgehead atoms. The van der Waals surface area contributed by atoms with E-state index < -0.39 is 0 Å². The number of anilines is 2. The second-order valence-corrected chi connectivity index (χ2v) is 6.75. The third kappa shape index (κ3) is 3.72. The number of hydrogen-bond acceptors (Lipinski definition) is 3. The van der Waals surface area contributed by atoms with Gasteiger partial charge in [0, 0.05) is 24.7 Å². The first-order chi connectivity index (χ1) is 11.2. The highest BCUT2D eigenvalue weighted by Crippen LogP contribution is 2.32. The van der Waals surface area contributed by atoms with Crippen LogP contribution in [0, 0.1) is 0 Å². The Morgan fingerprint density at radius 1 is 1.22 bits per heavy atom. The van der Waals surface area contributed by atoms with E-state index in [1.165, 1.54) is 19.3 Å². The summed E-state index contributed by atoms with van der Waals surface area (Å²) in [6, 6.07) is 5.44. The monoisotopic (exact) mass is 337 g/mol. The number of aliphatic hydroxyl groups excluding tert-OH is 1. The summed E-state index contributed by atoms with van der Waals surface area (Å²) in [7, 11) is 0. The lowest BCUT2D eigenvalue weighted by Crippen LogP contribution is -2.41. The minimum absolute atomic E-state index is 0.0158. The maximum atomic E-state index is 12.6. The highest BCUT2D eigenvalue weighted by Gasteiger charge is 2.28. The van der Waals surface area contributed by atoms with Crippen LogP contribution in [0.4, 0.5) is 16.2 Å². The minimum atomic E-state index is -0.151. The highest BCUT2D eigenvalue weighted by atomic mass is 35.5. The molecule has 0 unspecified atom stereocenters. The first kappa shape index (κ1) is 16.4. The van der Waals surface area contributed by atoms with Crippen molar-refractivity contribution in [2.24, 2.45) is 0 Å². The van der Waals surface area contributed by atoms with Crippen LogP contribution in [-0.2, 0) is 0 Å². The lowest BCUT2D eigenvalue weighted by atomic mass is 10.1. The van der Waals surface area contributed by atoms with Crippen molar-refractivity contribution in [2.45, 2.75) is 38.1 Å². The number of carbonyl (C=O) groups is 1. The molecule has 2 N–H and O–H groups in total. The molecule has 0 aromatic heterocycles. The van der Waals surface area contributed by atoms with Gasteiger partial charge in [0.25, 0.3) is 0 Å². The van der Waals surface area contributed by atoms with E-state index >= 15 is 0 Å². The van der Waals surface area contributed by atoms with Crippen molar-refractivity contribution in [3.05, 3.63) is 23.2 Å². The molecule has 2 fully saturated rings. The molecule has 1 atom stereocenters. The van der Waals surface area contributed by atoms with Gasteiger partial charge in [-0.25, -0.2) is 4.79 Å². The summed E-state index contributed by atoms with van der Waals surface area (Å²) in [4.78, 5) is 16.6. The van der Waals surface area contributed by atoms with Crippen LogP contribution in [0.15, 0.2) is 18.2 Å². The fraction of sp³-hybridized carbons (Fsp3) is 0.588. The fourth-order valence-electron chi connectivity index (χ4n) is 3.50.